The molecule has 0 saturated carbocycles. The van der Waals surface area contributed by atoms with E-state index in [0.29, 0.717) is 13.0 Å². The van der Waals surface area contributed by atoms with Crippen LogP contribution < -0.4 is 9.64 Å². The molecule has 1 unspecified atom stereocenters. The van der Waals surface area contributed by atoms with E-state index in [1.54, 1.807) is 12.1 Å². The molecule has 2 aliphatic rings. The van der Waals surface area contributed by atoms with Crippen LogP contribution in [0.15, 0.2) is 84.0 Å². The Morgan fingerprint density at radius 2 is 1.74 bits per heavy atom. The SMILES string of the molecule is COc1ccc(C2CC(c3ccccc3)=NN2C(=O)CN2CCc3ccccc32)cc1. The predicted octanol–water partition coefficient (Wildman–Crippen LogP) is 4.44. The number of anilines is 1. The van der Waals surface area contributed by atoms with Gasteiger partial charge in [0.25, 0.3) is 5.91 Å². The molecule has 31 heavy (non-hydrogen) atoms. The number of ether oxygens (including phenoxy) is 1. The number of carbonyl (C=O) groups is 1. The van der Waals surface area contributed by atoms with Crippen molar-refractivity contribution in [2.45, 2.75) is 18.9 Å². The summed E-state index contributed by atoms with van der Waals surface area (Å²) in [5.74, 6) is 0.820. The summed E-state index contributed by atoms with van der Waals surface area (Å²) in [6.45, 7) is 1.19. The summed E-state index contributed by atoms with van der Waals surface area (Å²) in [7, 11) is 1.66. The van der Waals surface area contributed by atoms with E-state index in [-0.39, 0.29) is 11.9 Å². The number of para-hydroxylation sites is 1. The van der Waals surface area contributed by atoms with Crippen LogP contribution in [0.1, 0.15) is 29.2 Å². The fourth-order valence-electron chi connectivity index (χ4n) is 4.44. The number of amides is 1. The van der Waals surface area contributed by atoms with Crippen molar-refractivity contribution in [3.05, 3.63) is 95.6 Å². The zero-order valence-corrected chi connectivity index (χ0v) is 17.6. The number of hydrogen-bond donors (Lipinski definition) is 0. The molecule has 0 saturated heterocycles. The second kappa shape index (κ2) is 8.26. The fraction of sp³-hybridized carbons (Fsp3) is 0.231. The van der Waals surface area contributed by atoms with E-state index >= 15 is 0 Å². The van der Waals surface area contributed by atoms with Gasteiger partial charge in [0.15, 0.2) is 0 Å². The lowest BCUT2D eigenvalue weighted by Crippen LogP contribution is -2.37. The molecule has 0 radical (unpaired) electrons. The topological polar surface area (TPSA) is 45.1 Å². The molecule has 5 heteroatoms. The van der Waals surface area contributed by atoms with Crippen molar-refractivity contribution in [1.82, 2.24) is 5.01 Å². The molecule has 3 aromatic carbocycles. The molecule has 3 aromatic rings. The van der Waals surface area contributed by atoms with Crippen LogP contribution in [0, 0.1) is 0 Å². The van der Waals surface area contributed by atoms with Crippen molar-refractivity contribution in [2.75, 3.05) is 25.1 Å². The molecule has 5 nitrogen and oxygen atoms in total. The maximum atomic E-state index is 13.4. The van der Waals surface area contributed by atoms with Crippen LogP contribution in [0.4, 0.5) is 5.69 Å². The molecule has 0 aliphatic carbocycles. The smallest absolute Gasteiger partial charge is 0.262 e. The predicted molar refractivity (Wildman–Crippen MR) is 123 cm³/mol. The number of benzene rings is 3. The molecule has 5 rings (SSSR count). The normalized spacial score (nSPS) is 17.5. The van der Waals surface area contributed by atoms with Gasteiger partial charge in [-0.05, 0) is 41.3 Å². The molecular formula is C26H25N3O2. The molecular weight excluding hydrogens is 386 g/mol. The van der Waals surface area contributed by atoms with Crippen molar-refractivity contribution >= 4 is 17.3 Å². The van der Waals surface area contributed by atoms with E-state index in [1.807, 2.05) is 48.5 Å². The van der Waals surface area contributed by atoms with E-state index in [4.69, 9.17) is 9.84 Å². The first-order valence-corrected chi connectivity index (χ1v) is 10.6. The third kappa shape index (κ3) is 3.79. The number of hydrogen-bond acceptors (Lipinski definition) is 4. The summed E-state index contributed by atoms with van der Waals surface area (Å²) in [6.07, 6.45) is 1.67. The molecule has 0 spiro atoms. The third-order valence-corrected chi connectivity index (χ3v) is 6.08. The molecule has 1 atom stereocenters. The van der Waals surface area contributed by atoms with E-state index in [1.165, 1.54) is 5.56 Å². The summed E-state index contributed by atoms with van der Waals surface area (Å²) in [5, 5.41) is 6.48. The average Bonchev–Trinajstić information content (AvgIpc) is 3.45. The van der Waals surface area contributed by atoms with Crippen LogP contribution >= 0.6 is 0 Å². The second-order valence-electron chi connectivity index (χ2n) is 7.94. The first kappa shape index (κ1) is 19.4. The van der Waals surface area contributed by atoms with Crippen LogP contribution in [-0.4, -0.2) is 36.8 Å². The van der Waals surface area contributed by atoms with Gasteiger partial charge in [-0.25, -0.2) is 5.01 Å². The molecule has 0 fully saturated rings. The summed E-state index contributed by atoms with van der Waals surface area (Å²) >= 11 is 0. The van der Waals surface area contributed by atoms with Gasteiger partial charge in [-0.3, -0.25) is 4.79 Å². The zero-order valence-electron chi connectivity index (χ0n) is 17.6. The van der Waals surface area contributed by atoms with Crippen molar-refractivity contribution in [3.63, 3.8) is 0 Å². The monoisotopic (exact) mass is 411 g/mol. The summed E-state index contributed by atoms with van der Waals surface area (Å²) in [4.78, 5) is 15.6. The molecule has 2 heterocycles. The summed E-state index contributed by atoms with van der Waals surface area (Å²) in [5.41, 5.74) is 5.52. The molecule has 0 aromatic heterocycles. The van der Waals surface area contributed by atoms with Gasteiger partial charge in [-0.15, -0.1) is 0 Å². The van der Waals surface area contributed by atoms with Gasteiger partial charge in [0, 0.05) is 18.7 Å². The highest BCUT2D eigenvalue weighted by molar-refractivity contribution is 6.03. The van der Waals surface area contributed by atoms with E-state index < -0.39 is 0 Å². The Balaban J connectivity index is 1.43. The van der Waals surface area contributed by atoms with Gasteiger partial charge in [-0.1, -0.05) is 60.7 Å². The standard InChI is InChI=1S/C26H25N3O2/c1-31-22-13-11-21(12-14-22)25-17-23(19-7-3-2-4-8-19)27-29(25)26(30)18-28-16-15-20-9-5-6-10-24(20)28/h2-14,25H,15-18H2,1H3. The van der Waals surface area contributed by atoms with Gasteiger partial charge < -0.3 is 9.64 Å². The lowest BCUT2D eigenvalue weighted by molar-refractivity contribution is -0.131. The number of nitrogens with zero attached hydrogens (tertiary/aromatic N) is 3. The first-order chi connectivity index (χ1) is 15.2. The van der Waals surface area contributed by atoms with E-state index in [0.717, 1.165) is 41.2 Å². The minimum Gasteiger partial charge on any atom is -0.497 e. The van der Waals surface area contributed by atoms with E-state index in [9.17, 15) is 4.79 Å². The molecule has 2 aliphatic heterocycles. The van der Waals surface area contributed by atoms with Gasteiger partial charge in [-0.2, -0.15) is 5.10 Å². The highest BCUT2D eigenvalue weighted by Crippen LogP contribution is 2.34. The van der Waals surface area contributed by atoms with Crippen LogP contribution in [0.5, 0.6) is 5.75 Å². The van der Waals surface area contributed by atoms with Crippen LogP contribution in [0.2, 0.25) is 0 Å². The molecule has 0 bridgehead atoms. The van der Waals surface area contributed by atoms with Gasteiger partial charge in [0.05, 0.1) is 25.4 Å². The number of rotatable bonds is 5. The Hall–Kier alpha value is -3.60. The van der Waals surface area contributed by atoms with Crippen molar-refractivity contribution in [3.8, 4) is 5.75 Å². The fourth-order valence-corrected chi connectivity index (χ4v) is 4.44. The number of fused-ring (bicyclic) bond motifs is 1. The van der Waals surface area contributed by atoms with Crippen molar-refractivity contribution < 1.29 is 9.53 Å². The minimum absolute atomic E-state index is 0.0171. The molecule has 1 amide bonds. The van der Waals surface area contributed by atoms with Gasteiger partial charge in [0.1, 0.15) is 5.75 Å². The maximum absolute atomic E-state index is 13.4. The Morgan fingerprint density at radius 3 is 2.52 bits per heavy atom. The molecule has 156 valence electrons. The number of hydrazone groups is 1. The van der Waals surface area contributed by atoms with Gasteiger partial charge in [0.2, 0.25) is 0 Å². The molecule has 0 N–H and O–H groups in total. The largest absolute Gasteiger partial charge is 0.497 e. The lowest BCUT2D eigenvalue weighted by atomic mass is 9.98. The average molecular weight is 412 g/mol. The Morgan fingerprint density at radius 1 is 1.00 bits per heavy atom. The van der Waals surface area contributed by atoms with Crippen LogP contribution in [0.25, 0.3) is 0 Å². The quantitative estimate of drug-likeness (QED) is 0.624. The second-order valence-corrected chi connectivity index (χ2v) is 7.94. The Bertz CT molecular complexity index is 1110. The third-order valence-electron chi connectivity index (χ3n) is 6.08. The maximum Gasteiger partial charge on any atom is 0.262 e. The first-order valence-electron chi connectivity index (χ1n) is 10.6. The Kier molecular flexibility index (Phi) is 5.16. The highest BCUT2D eigenvalue weighted by atomic mass is 16.5. The number of carbonyl (C=O) groups excluding carboxylic acids is 1. The summed E-state index contributed by atoms with van der Waals surface area (Å²) in [6, 6.07) is 26.2. The zero-order chi connectivity index (χ0) is 21.2. The van der Waals surface area contributed by atoms with Crippen LogP contribution in [-0.2, 0) is 11.2 Å². The van der Waals surface area contributed by atoms with E-state index in [2.05, 4.69) is 35.2 Å². The lowest BCUT2D eigenvalue weighted by Gasteiger charge is -2.26. The van der Waals surface area contributed by atoms with Crippen molar-refractivity contribution in [2.24, 2.45) is 5.10 Å². The van der Waals surface area contributed by atoms with Gasteiger partial charge >= 0.3 is 0 Å². The number of methoxy groups -OCH3 is 1. The minimum atomic E-state index is -0.119. The Labute approximate surface area is 182 Å². The highest BCUT2D eigenvalue weighted by Gasteiger charge is 2.34. The van der Waals surface area contributed by atoms with Crippen LogP contribution in [0.3, 0.4) is 0 Å². The summed E-state index contributed by atoms with van der Waals surface area (Å²) < 4.78 is 5.30. The van der Waals surface area contributed by atoms with Crippen molar-refractivity contribution in [1.29, 1.82) is 0 Å².